The van der Waals surface area contributed by atoms with Crippen LogP contribution in [0.3, 0.4) is 0 Å². The molecule has 4 heteroatoms. The molecule has 0 aliphatic heterocycles. The number of aromatic carboxylic acids is 1. The molecule has 0 saturated heterocycles. The van der Waals surface area contributed by atoms with Gasteiger partial charge in [0, 0.05) is 0 Å². The summed E-state index contributed by atoms with van der Waals surface area (Å²) in [6, 6.07) is 5.05. The van der Waals surface area contributed by atoms with Crippen LogP contribution >= 0.6 is 0 Å². The van der Waals surface area contributed by atoms with Gasteiger partial charge in [-0.3, -0.25) is 0 Å². The number of unbranched alkanes of at least 4 members (excludes halogenated alkanes) is 5. The quantitative estimate of drug-likeness (QED) is 0.494. The number of benzene rings is 1. The topological polar surface area (TPSA) is 63.6 Å². The molecule has 0 saturated carbocycles. The summed E-state index contributed by atoms with van der Waals surface area (Å²) in [7, 11) is 0. The summed E-state index contributed by atoms with van der Waals surface area (Å²) in [6.07, 6.45) is 7.28. The first kappa shape index (κ1) is 19.2. The Hall–Kier alpha value is -1.84. The third-order valence-electron chi connectivity index (χ3n) is 3.73. The van der Waals surface area contributed by atoms with Gasteiger partial charge in [0.2, 0.25) is 0 Å². The van der Waals surface area contributed by atoms with E-state index in [-0.39, 0.29) is 17.2 Å². The normalized spacial score (nSPS) is 10.8. The number of carboxylic acids is 1. The number of carbonyl (C=O) groups is 2. The van der Waals surface area contributed by atoms with E-state index in [0.29, 0.717) is 12.0 Å². The van der Waals surface area contributed by atoms with Crippen LogP contribution in [-0.2, 0) is 11.2 Å². The van der Waals surface area contributed by atoms with E-state index in [1.807, 2.05) is 0 Å². The monoisotopic (exact) mass is 320 g/mol. The number of hydrogen-bond donors (Lipinski definition) is 1. The Morgan fingerprint density at radius 2 is 1.74 bits per heavy atom. The highest BCUT2D eigenvalue weighted by Gasteiger charge is 2.21. The Morgan fingerprint density at radius 3 is 2.35 bits per heavy atom. The largest absolute Gasteiger partial charge is 0.478 e. The number of rotatable bonds is 10. The minimum absolute atomic E-state index is 0.0895. The van der Waals surface area contributed by atoms with Crippen LogP contribution in [0.1, 0.15) is 85.6 Å². The third-order valence-corrected chi connectivity index (χ3v) is 3.73. The smallest absolute Gasteiger partial charge is 0.339 e. The molecule has 0 atom stereocenters. The van der Waals surface area contributed by atoms with Gasteiger partial charge in [0.1, 0.15) is 0 Å². The molecule has 1 N–H and O–H groups in total. The molecular formula is C19H28O4. The summed E-state index contributed by atoms with van der Waals surface area (Å²) in [6.45, 7) is 5.68. The summed E-state index contributed by atoms with van der Waals surface area (Å²) >= 11 is 0. The molecule has 1 aromatic carbocycles. The Labute approximate surface area is 138 Å². The zero-order valence-electron chi connectivity index (χ0n) is 14.4. The molecule has 0 fully saturated rings. The van der Waals surface area contributed by atoms with Crippen LogP contribution in [-0.4, -0.2) is 23.1 Å². The lowest BCUT2D eigenvalue weighted by Gasteiger charge is -2.13. The minimum atomic E-state index is -1.07. The molecule has 0 spiro atoms. The van der Waals surface area contributed by atoms with Crippen molar-refractivity contribution in [2.45, 2.75) is 71.8 Å². The van der Waals surface area contributed by atoms with Crippen molar-refractivity contribution in [1.82, 2.24) is 0 Å². The fourth-order valence-corrected chi connectivity index (χ4v) is 2.60. The molecule has 0 heterocycles. The van der Waals surface area contributed by atoms with Crippen molar-refractivity contribution in [2.75, 3.05) is 0 Å². The number of ether oxygens (including phenoxy) is 1. The lowest BCUT2D eigenvalue weighted by Crippen LogP contribution is -2.17. The first-order chi connectivity index (χ1) is 11.0. The molecule has 1 rings (SSSR count). The third kappa shape index (κ3) is 6.43. The maximum absolute atomic E-state index is 12.1. The van der Waals surface area contributed by atoms with Gasteiger partial charge >= 0.3 is 11.9 Å². The highest BCUT2D eigenvalue weighted by Crippen LogP contribution is 2.20. The maximum Gasteiger partial charge on any atom is 0.339 e. The number of carbonyl (C=O) groups excluding carboxylic acids is 1. The van der Waals surface area contributed by atoms with Gasteiger partial charge in [0.05, 0.1) is 17.2 Å². The molecule has 0 amide bonds. The number of carboxylic acid groups (broad SMARTS) is 1. The first-order valence-corrected chi connectivity index (χ1v) is 8.53. The van der Waals surface area contributed by atoms with Crippen LogP contribution in [0.25, 0.3) is 0 Å². The second-order valence-corrected chi connectivity index (χ2v) is 6.12. The van der Waals surface area contributed by atoms with Crippen molar-refractivity contribution in [3.05, 3.63) is 34.9 Å². The average molecular weight is 320 g/mol. The average Bonchev–Trinajstić information content (AvgIpc) is 2.49. The summed E-state index contributed by atoms with van der Waals surface area (Å²) in [5.74, 6) is -1.63. The van der Waals surface area contributed by atoms with E-state index in [4.69, 9.17) is 4.74 Å². The predicted molar refractivity (Wildman–Crippen MR) is 91.0 cm³/mol. The lowest BCUT2D eigenvalue weighted by molar-refractivity contribution is 0.0370. The fraction of sp³-hybridized carbons (Fsp3) is 0.579. The van der Waals surface area contributed by atoms with Crippen LogP contribution in [0.4, 0.5) is 0 Å². The van der Waals surface area contributed by atoms with Crippen molar-refractivity contribution in [2.24, 2.45) is 0 Å². The number of hydrogen-bond acceptors (Lipinski definition) is 3. The first-order valence-electron chi connectivity index (χ1n) is 8.53. The van der Waals surface area contributed by atoms with Crippen LogP contribution < -0.4 is 0 Å². The Balaban J connectivity index is 2.79. The Morgan fingerprint density at radius 1 is 1.09 bits per heavy atom. The molecule has 0 aliphatic carbocycles. The van der Waals surface area contributed by atoms with Crippen LogP contribution in [0.2, 0.25) is 0 Å². The number of aryl methyl sites for hydroxylation is 1. The van der Waals surface area contributed by atoms with E-state index >= 15 is 0 Å². The fourth-order valence-electron chi connectivity index (χ4n) is 2.60. The molecule has 4 nitrogen and oxygen atoms in total. The van der Waals surface area contributed by atoms with Crippen molar-refractivity contribution in [3.63, 3.8) is 0 Å². The number of esters is 1. The van der Waals surface area contributed by atoms with Gasteiger partial charge in [-0.05, 0) is 38.3 Å². The summed E-state index contributed by atoms with van der Waals surface area (Å²) < 4.78 is 5.15. The van der Waals surface area contributed by atoms with E-state index in [9.17, 15) is 14.7 Å². The van der Waals surface area contributed by atoms with E-state index in [1.165, 1.54) is 31.7 Å². The van der Waals surface area contributed by atoms with E-state index in [2.05, 4.69) is 6.92 Å². The zero-order chi connectivity index (χ0) is 17.2. The van der Waals surface area contributed by atoms with Gasteiger partial charge in [0.15, 0.2) is 0 Å². The van der Waals surface area contributed by atoms with Gasteiger partial charge in [-0.15, -0.1) is 0 Å². The van der Waals surface area contributed by atoms with Crippen molar-refractivity contribution in [1.29, 1.82) is 0 Å². The van der Waals surface area contributed by atoms with Crippen molar-refractivity contribution >= 4 is 11.9 Å². The molecule has 0 bridgehead atoms. The Kier molecular flexibility index (Phi) is 8.38. The van der Waals surface area contributed by atoms with Crippen LogP contribution in [0.5, 0.6) is 0 Å². The van der Waals surface area contributed by atoms with Gasteiger partial charge in [-0.2, -0.15) is 0 Å². The summed E-state index contributed by atoms with van der Waals surface area (Å²) in [5.41, 5.74) is 0.951. The van der Waals surface area contributed by atoms with Gasteiger partial charge in [-0.1, -0.05) is 51.2 Å². The molecule has 0 unspecified atom stereocenters. The van der Waals surface area contributed by atoms with Crippen LogP contribution in [0, 0.1) is 0 Å². The highest BCUT2D eigenvalue weighted by molar-refractivity contribution is 6.03. The molecule has 0 aromatic heterocycles. The van der Waals surface area contributed by atoms with Crippen molar-refractivity contribution < 1.29 is 19.4 Å². The second kappa shape index (κ2) is 10.0. The molecule has 0 aliphatic rings. The SMILES string of the molecule is CCCCCCCCc1cccc(C(=O)OC(C)C)c1C(=O)O. The van der Waals surface area contributed by atoms with Crippen LogP contribution in [0.15, 0.2) is 18.2 Å². The highest BCUT2D eigenvalue weighted by atomic mass is 16.5. The molecule has 128 valence electrons. The van der Waals surface area contributed by atoms with E-state index in [1.54, 1.807) is 26.0 Å². The Bertz CT molecular complexity index is 520. The second-order valence-electron chi connectivity index (χ2n) is 6.12. The molecular weight excluding hydrogens is 292 g/mol. The molecule has 23 heavy (non-hydrogen) atoms. The van der Waals surface area contributed by atoms with E-state index in [0.717, 1.165) is 12.8 Å². The summed E-state index contributed by atoms with van der Waals surface area (Å²) in [5, 5.41) is 9.49. The van der Waals surface area contributed by atoms with Gasteiger partial charge < -0.3 is 9.84 Å². The van der Waals surface area contributed by atoms with E-state index < -0.39 is 11.9 Å². The molecule has 1 aromatic rings. The zero-order valence-corrected chi connectivity index (χ0v) is 14.4. The molecule has 0 radical (unpaired) electrons. The summed E-state index contributed by atoms with van der Waals surface area (Å²) in [4.78, 5) is 23.7. The van der Waals surface area contributed by atoms with Gasteiger partial charge in [0.25, 0.3) is 0 Å². The minimum Gasteiger partial charge on any atom is -0.478 e. The van der Waals surface area contributed by atoms with Gasteiger partial charge in [-0.25, -0.2) is 9.59 Å². The lowest BCUT2D eigenvalue weighted by atomic mass is 9.96. The maximum atomic E-state index is 12.1. The standard InChI is InChI=1S/C19H28O4/c1-4-5-6-7-8-9-11-15-12-10-13-16(17(15)18(20)21)19(22)23-14(2)3/h10,12-14H,4-9,11H2,1-3H3,(H,20,21). The predicted octanol–water partition coefficient (Wildman–Crippen LogP) is 4.85. The van der Waals surface area contributed by atoms with Crippen molar-refractivity contribution in [3.8, 4) is 0 Å².